The lowest BCUT2D eigenvalue weighted by Crippen LogP contribution is -2.27. The number of hydrogen-bond acceptors (Lipinski definition) is 6. The third-order valence-corrected chi connectivity index (χ3v) is 5.11. The first-order valence-electron chi connectivity index (χ1n) is 10.4. The fraction of sp³-hybridized carbons (Fsp3) is 0.273. The van der Waals surface area contributed by atoms with Crippen LogP contribution in [0.3, 0.4) is 0 Å². The van der Waals surface area contributed by atoms with Crippen LogP contribution in [-0.2, 0) is 6.54 Å². The highest BCUT2D eigenvalue weighted by molar-refractivity contribution is 6.11. The molecule has 10 heteroatoms. The summed E-state index contributed by atoms with van der Waals surface area (Å²) in [6, 6.07) is 11.0. The maximum Gasteiger partial charge on any atom is 0.276 e. The van der Waals surface area contributed by atoms with Crippen molar-refractivity contribution in [3.8, 4) is 5.69 Å². The number of anilines is 1. The van der Waals surface area contributed by atoms with E-state index in [1.54, 1.807) is 31.2 Å². The van der Waals surface area contributed by atoms with Crippen molar-refractivity contribution in [3.05, 3.63) is 70.2 Å². The Kier molecular flexibility index (Phi) is 6.02. The topological polar surface area (TPSA) is 108 Å². The molecule has 2 aromatic carbocycles. The van der Waals surface area contributed by atoms with Crippen molar-refractivity contribution in [1.29, 1.82) is 0 Å². The van der Waals surface area contributed by atoms with Crippen LogP contribution in [-0.4, -0.2) is 35.9 Å². The van der Waals surface area contributed by atoms with Gasteiger partial charge < -0.3 is 5.32 Å². The lowest BCUT2D eigenvalue weighted by molar-refractivity contribution is 0.102. The Morgan fingerprint density at radius 1 is 1.12 bits per heavy atom. The zero-order valence-corrected chi connectivity index (χ0v) is 17.7. The van der Waals surface area contributed by atoms with E-state index in [1.807, 2.05) is 0 Å². The third-order valence-electron chi connectivity index (χ3n) is 5.11. The average molecular weight is 435 g/mol. The second-order valence-electron chi connectivity index (χ2n) is 7.39. The summed E-state index contributed by atoms with van der Waals surface area (Å²) in [6.45, 7) is 4.14. The van der Waals surface area contributed by atoms with Crippen molar-refractivity contribution in [1.82, 2.24) is 30.0 Å². The van der Waals surface area contributed by atoms with Gasteiger partial charge in [-0.05, 0) is 48.0 Å². The number of aromatic nitrogens is 6. The normalized spacial score (nSPS) is 11.1. The van der Waals surface area contributed by atoms with Crippen molar-refractivity contribution >= 4 is 22.4 Å². The molecule has 0 bridgehead atoms. The van der Waals surface area contributed by atoms with Gasteiger partial charge in [0.25, 0.3) is 11.5 Å². The van der Waals surface area contributed by atoms with Gasteiger partial charge in [0.15, 0.2) is 11.5 Å². The second-order valence-corrected chi connectivity index (χ2v) is 7.39. The molecule has 32 heavy (non-hydrogen) atoms. The van der Waals surface area contributed by atoms with Crippen molar-refractivity contribution in [2.45, 2.75) is 39.7 Å². The van der Waals surface area contributed by atoms with Crippen molar-refractivity contribution in [3.63, 3.8) is 0 Å². The molecule has 0 radical (unpaired) electrons. The maximum atomic E-state index is 14.3. The van der Waals surface area contributed by atoms with Gasteiger partial charge in [-0.15, -0.1) is 5.10 Å². The van der Waals surface area contributed by atoms with Crippen LogP contribution in [0.1, 0.15) is 42.5 Å². The predicted molar refractivity (Wildman–Crippen MR) is 117 cm³/mol. The predicted octanol–water partition coefficient (Wildman–Crippen LogP) is 3.26. The first-order valence-corrected chi connectivity index (χ1v) is 10.4. The van der Waals surface area contributed by atoms with E-state index in [2.05, 4.69) is 32.9 Å². The highest BCUT2D eigenvalue weighted by Crippen LogP contribution is 2.21. The molecule has 1 N–H and O–H groups in total. The quantitative estimate of drug-likeness (QED) is 0.447. The summed E-state index contributed by atoms with van der Waals surface area (Å²) in [5.41, 5.74) is 0.344. The number of rotatable bonds is 7. The van der Waals surface area contributed by atoms with Gasteiger partial charge in [-0.1, -0.05) is 38.0 Å². The van der Waals surface area contributed by atoms with Crippen LogP contribution in [0.4, 0.5) is 10.1 Å². The number of nitrogens with one attached hydrogen (secondary N) is 1. The van der Waals surface area contributed by atoms with Crippen LogP contribution >= 0.6 is 0 Å². The Morgan fingerprint density at radius 3 is 2.62 bits per heavy atom. The largest absolute Gasteiger partial charge is 0.320 e. The highest BCUT2D eigenvalue weighted by Gasteiger charge is 2.18. The Balaban J connectivity index is 1.71. The minimum Gasteiger partial charge on any atom is -0.320 e. The van der Waals surface area contributed by atoms with Crippen molar-refractivity contribution < 1.29 is 9.18 Å². The minimum absolute atomic E-state index is 0.104. The van der Waals surface area contributed by atoms with Gasteiger partial charge in [0.2, 0.25) is 0 Å². The monoisotopic (exact) mass is 435 g/mol. The van der Waals surface area contributed by atoms with Gasteiger partial charge >= 0.3 is 0 Å². The summed E-state index contributed by atoms with van der Waals surface area (Å²) in [4.78, 5) is 25.9. The van der Waals surface area contributed by atoms with E-state index in [0.717, 1.165) is 19.3 Å². The molecule has 4 aromatic rings. The lowest BCUT2D eigenvalue weighted by atomic mass is 10.1. The van der Waals surface area contributed by atoms with Crippen LogP contribution in [0.5, 0.6) is 0 Å². The second kappa shape index (κ2) is 9.04. The Labute approximate surface area is 182 Å². The fourth-order valence-electron chi connectivity index (χ4n) is 3.46. The van der Waals surface area contributed by atoms with E-state index in [9.17, 15) is 14.0 Å². The zero-order valence-electron chi connectivity index (χ0n) is 17.7. The molecular weight excluding hydrogens is 413 g/mol. The number of amides is 1. The summed E-state index contributed by atoms with van der Waals surface area (Å²) in [5.74, 6) is -0.637. The molecule has 0 unspecified atom stereocenters. The van der Waals surface area contributed by atoms with Gasteiger partial charge in [0.05, 0.1) is 5.39 Å². The molecule has 0 fully saturated rings. The molecule has 0 aliphatic rings. The van der Waals surface area contributed by atoms with Crippen LogP contribution in [0.25, 0.3) is 16.5 Å². The molecule has 0 spiro atoms. The van der Waals surface area contributed by atoms with E-state index in [1.165, 1.54) is 27.6 Å². The summed E-state index contributed by atoms with van der Waals surface area (Å²) in [6.07, 6.45) is 2.75. The number of hydrogen-bond donors (Lipinski definition) is 1. The Hall–Kier alpha value is -3.95. The third kappa shape index (κ3) is 4.11. The van der Waals surface area contributed by atoms with Gasteiger partial charge in [-0.3, -0.25) is 9.59 Å². The maximum absolute atomic E-state index is 14.3. The number of halogens is 1. The molecule has 0 atom stereocenters. The SMILES string of the molecule is CCCCCn1nc(C(=O)Nc2ccc(F)c(-n3nnnc3C)c2)c2ccccc2c1=O. The van der Waals surface area contributed by atoms with Gasteiger partial charge in [-0.25, -0.2) is 9.07 Å². The molecule has 0 aliphatic carbocycles. The molecule has 164 valence electrons. The molecule has 2 aromatic heterocycles. The number of carbonyl (C=O) groups excluding carboxylic acids is 1. The van der Waals surface area contributed by atoms with Crippen LogP contribution in [0, 0.1) is 12.7 Å². The van der Waals surface area contributed by atoms with Gasteiger partial charge in [-0.2, -0.15) is 9.78 Å². The first kappa shape index (κ1) is 21.3. The van der Waals surface area contributed by atoms with Crippen LogP contribution in [0.15, 0.2) is 47.3 Å². The van der Waals surface area contributed by atoms with E-state index in [0.29, 0.717) is 28.8 Å². The minimum atomic E-state index is -0.536. The molecule has 0 saturated heterocycles. The lowest BCUT2D eigenvalue weighted by Gasteiger charge is -2.12. The number of aryl methyl sites for hydroxylation is 2. The van der Waals surface area contributed by atoms with Crippen molar-refractivity contribution in [2.24, 2.45) is 0 Å². The highest BCUT2D eigenvalue weighted by atomic mass is 19.1. The average Bonchev–Trinajstić information content (AvgIpc) is 3.22. The molecule has 0 aliphatic heterocycles. The number of unbranched alkanes of at least 4 members (excludes halogenated alkanes) is 2. The van der Waals surface area contributed by atoms with E-state index in [4.69, 9.17) is 0 Å². The van der Waals surface area contributed by atoms with E-state index < -0.39 is 11.7 Å². The molecule has 0 saturated carbocycles. The Bertz CT molecular complexity index is 1350. The number of tetrazole rings is 1. The summed E-state index contributed by atoms with van der Waals surface area (Å²) in [7, 11) is 0. The standard InChI is InChI=1S/C22H22FN7O2/c1-3-4-7-12-29-22(32)17-9-6-5-8-16(17)20(26-29)21(31)24-15-10-11-18(23)19(13-15)30-14(2)25-27-28-30/h5-6,8-11,13H,3-4,7,12H2,1-2H3,(H,24,31). The summed E-state index contributed by atoms with van der Waals surface area (Å²) in [5, 5.41) is 19.0. The fourth-order valence-corrected chi connectivity index (χ4v) is 3.46. The van der Waals surface area contributed by atoms with E-state index >= 15 is 0 Å². The Morgan fingerprint density at radius 2 is 1.91 bits per heavy atom. The zero-order chi connectivity index (χ0) is 22.7. The number of nitrogens with zero attached hydrogens (tertiary/aromatic N) is 6. The van der Waals surface area contributed by atoms with Crippen LogP contribution in [0.2, 0.25) is 0 Å². The first-order chi connectivity index (χ1) is 15.5. The van der Waals surface area contributed by atoms with Crippen LogP contribution < -0.4 is 10.9 Å². The smallest absolute Gasteiger partial charge is 0.276 e. The number of fused-ring (bicyclic) bond motifs is 1. The molecule has 4 rings (SSSR count). The van der Waals surface area contributed by atoms with Gasteiger partial charge in [0.1, 0.15) is 11.5 Å². The summed E-state index contributed by atoms with van der Waals surface area (Å²) >= 11 is 0. The number of carbonyl (C=O) groups is 1. The number of benzene rings is 2. The summed E-state index contributed by atoms with van der Waals surface area (Å²) < 4.78 is 16.9. The van der Waals surface area contributed by atoms with E-state index in [-0.39, 0.29) is 16.9 Å². The molecule has 9 nitrogen and oxygen atoms in total. The molecular formula is C22H22FN7O2. The molecule has 2 heterocycles. The van der Waals surface area contributed by atoms with Crippen molar-refractivity contribution in [2.75, 3.05) is 5.32 Å². The molecule has 1 amide bonds. The van der Waals surface area contributed by atoms with Gasteiger partial charge in [0, 0.05) is 17.6 Å².